The summed E-state index contributed by atoms with van der Waals surface area (Å²) in [5.74, 6) is 2.23. The number of hydrogen-bond acceptors (Lipinski definition) is 9. The number of amides is 1. The van der Waals surface area contributed by atoms with Crippen LogP contribution in [-0.2, 0) is 4.79 Å². The minimum absolute atomic E-state index is 0.127. The summed E-state index contributed by atoms with van der Waals surface area (Å²) >= 11 is 4.33. The molecule has 2 heterocycles. The summed E-state index contributed by atoms with van der Waals surface area (Å²) in [6.45, 7) is 2.58. The number of carbonyl (C=O) groups excluding carboxylic acids is 1. The monoisotopic (exact) mass is 487 g/mol. The lowest BCUT2D eigenvalue weighted by Crippen LogP contribution is -2.13. The average Bonchev–Trinajstić information content (AvgIpc) is 3.44. The predicted octanol–water partition coefficient (Wildman–Crippen LogP) is 5.57. The van der Waals surface area contributed by atoms with E-state index in [0.717, 1.165) is 31.6 Å². The number of thiazole rings is 2. The lowest BCUT2D eigenvalue weighted by molar-refractivity contribution is -0.113. The largest absolute Gasteiger partial charge is 0.494 e. The Labute approximate surface area is 197 Å². The first-order chi connectivity index (χ1) is 15.6. The van der Waals surface area contributed by atoms with E-state index in [1.165, 1.54) is 23.1 Å². The number of fused-ring (bicyclic) bond motifs is 1. The Bertz CT molecular complexity index is 1240. The Morgan fingerprint density at radius 1 is 1.09 bits per heavy atom. The maximum atomic E-state index is 12.4. The molecule has 1 N–H and O–H groups in total. The Balaban J connectivity index is 1.37. The van der Waals surface area contributed by atoms with E-state index in [-0.39, 0.29) is 11.7 Å². The third kappa shape index (κ3) is 5.14. The molecular weight excluding hydrogens is 466 g/mol. The van der Waals surface area contributed by atoms with Crippen molar-refractivity contribution in [1.82, 2.24) is 9.97 Å². The average molecular weight is 488 g/mol. The summed E-state index contributed by atoms with van der Waals surface area (Å²) in [5.41, 5.74) is 2.55. The number of ether oxygens (including phenoxy) is 3. The number of thioether (sulfide) groups is 1. The fourth-order valence-corrected chi connectivity index (χ4v) is 5.58. The lowest BCUT2D eigenvalue weighted by Gasteiger charge is -2.08. The molecule has 7 nitrogen and oxygen atoms in total. The number of benzene rings is 2. The molecule has 0 saturated carbocycles. The number of carbonyl (C=O) groups is 1. The molecule has 4 aromatic rings. The topological polar surface area (TPSA) is 82.6 Å². The highest BCUT2D eigenvalue weighted by Crippen LogP contribution is 2.34. The number of anilines is 1. The third-order valence-electron chi connectivity index (χ3n) is 4.41. The first-order valence-corrected chi connectivity index (χ1v) is 12.4. The number of rotatable bonds is 9. The van der Waals surface area contributed by atoms with Crippen LogP contribution >= 0.6 is 34.4 Å². The molecule has 2 aromatic heterocycles. The van der Waals surface area contributed by atoms with Crippen LogP contribution < -0.4 is 19.5 Å². The molecule has 166 valence electrons. The molecule has 0 saturated heterocycles. The molecule has 0 radical (unpaired) electrons. The van der Waals surface area contributed by atoms with Crippen molar-refractivity contribution in [1.29, 1.82) is 0 Å². The van der Waals surface area contributed by atoms with E-state index in [1.54, 1.807) is 25.6 Å². The first kappa shape index (κ1) is 22.4. The number of hydrogen-bond donors (Lipinski definition) is 1. The van der Waals surface area contributed by atoms with Gasteiger partial charge in [0.05, 0.1) is 42.5 Å². The molecule has 0 bridgehead atoms. The summed E-state index contributed by atoms with van der Waals surface area (Å²) in [6, 6.07) is 11.4. The van der Waals surface area contributed by atoms with Crippen LogP contribution in [0.15, 0.2) is 46.1 Å². The summed E-state index contributed by atoms with van der Waals surface area (Å²) in [7, 11) is 3.19. The van der Waals surface area contributed by atoms with E-state index >= 15 is 0 Å². The molecular formula is C22H21N3O4S3. The Kier molecular flexibility index (Phi) is 7.13. The van der Waals surface area contributed by atoms with E-state index in [4.69, 9.17) is 14.2 Å². The van der Waals surface area contributed by atoms with Gasteiger partial charge in [-0.25, -0.2) is 9.97 Å². The molecule has 0 spiro atoms. The van der Waals surface area contributed by atoms with E-state index in [1.807, 2.05) is 48.7 Å². The number of aromatic nitrogens is 2. The molecule has 4 rings (SSSR count). The summed E-state index contributed by atoms with van der Waals surface area (Å²) in [6.07, 6.45) is 0. The molecule has 0 unspecified atom stereocenters. The van der Waals surface area contributed by atoms with Gasteiger partial charge in [0.2, 0.25) is 5.91 Å². The van der Waals surface area contributed by atoms with Crippen molar-refractivity contribution in [2.45, 2.75) is 11.3 Å². The van der Waals surface area contributed by atoms with Gasteiger partial charge in [-0.15, -0.1) is 22.7 Å². The minimum atomic E-state index is -0.127. The van der Waals surface area contributed by atoms with Crippen LogP contribution in [0.25, 0.3) is 21.5 Å². The summed E-state index contributed by atoms with van der Waals surface area (Å²) in [5, 5.41) is 5.31. The van der Waals surface area contributed by atoms with Crippen LogP contribution in [0.5, 0.6) is 17.2 Å². The molecule has 0 fully saturated rings. The van der Waals surface area contributed by atoms with Crippen LogP contribution in [0.1, 0.15) is 6.92 Å². The molecule has 0 aliphatic heterocycles. The fraction of sp³-hybridized carbons (Fsp3) is 0.227. The molecule has 0 aliphatic rings. The van der Waals surface area contributed by atoms with Gasteiger partial charge in [0.25, 0.3) is 0 Å². The van der Waals surface area contributed by atoms with Gasteiger partial charge in [-0.05, 0) is 43.3 Å². The van der Waals surface area contributed by atoms with Gasteiger partial charge in [0.15, 0.2) is 21.0 Å². The fourth-order valence-electron chi connectivity index (χ4n) is 2.94. The first-order valence-electron chi connectivity index (χ1n) is 9.73. The molecule has 0 atom stereocenters. The summed E-state index contributed by atoms with van der Waals surface area (Å²) in [4.78, 5) is 21.5. The van der Waals surface area contributed by atoms with E-state index in [0.29, 0.717) is 23.2 Å². The van der Waals surface area contributed by atoms with Gasteiger partial charge in [-0.1, -0.05) is 11.8 Å². The highest BCUT2D eigenvalue weighted by molar-refractivity contribution is 8.01. The van der Waals surface area contributed by atoms with Gasteiger partial charge in [0, 0.05) is 10.9 Å². The van der Waals surface area contributed by atoms with Crippen molar-refractivity contribution in [3.8, 4) is 28.5 Å². The molecule has 2 aromatic carbocycles. The normalized spacial score (nSPS) is 10.8. The molecule has 0 aliphatic carbocycles. The predicted molar refractivity (Wildman–Crippen MR) is 131 cm³/mol. The van der Waals surface area contributed by atoms with Gasteiger partial charge in [-0.2, -0.15) is 0 Å². The second-order valence-electron chi connectivity index (χ2n) is 6.49. The van der Waals surface area contributed by atoms with Crippen molar-refractivity contribution in [2.75, 3.05) is 31.9 Å². The number of nitrogens with one attached hydrogen (secondary N) is 1. The Hall–Kier alpha value is -2.82. The van der Waals surface area contributed by atoms with Crippen molar-refractivity contribution in [3.05, 3.63) is 41.8 Å². The molecule has 10 heteroatoms. The standard InChI is InChI=1S/C22H21N3O4S3/c1-4-29-14-6-7-15-19(10-14)32-22(24-15)31-12-20(26)25-21-23-16(11-30-21)13-5-8-17(27-2)18(9-13)28-3/h5-11H,4,12H2,1-3H3,(H,23,25,26). The van der Waals surface area contributed by atoms with E-state index in [2.05, 4.69) is 15.3 Å². The highest BCUT2D eigenvalue weighted by atomic mass is 32.2. The van der Waals surface area contributed by atoms with Gasteiger partial charge in [-0.3, -0.25) is 4.79 Å². The lowest BCUT2D eigenvalue weighted by atomic mass is 10.1. The van der Waals surface area contributed by atoms with Crippen LogP contribution in [-0.4, -0.2) is 42.5 Å². The maximum Gasteiger partial charge on any atom is 0.236 e. The maximum absolute atomic E-state index is 12.4. The number of methoxy groups -OCH3 is 2. The molecule has 1 amide bonds. The number of nitrogens with zero attached hydrogens (tertiary/aromatic N) is 2. The zero-order valence-corrected chi connectivity index (χ0v) is 20.2. The Morgan fingerprint density at radius 2 is 1.94 bits per heavy atom. The van der Waals surface area contributed by atoms with Gasteiger partial charge >= 0.3 is 0 Å². The van der Waals surface area contributed by atoms with Crippen molar-refractivity contribution in [3.63, 3.8) is 0 Å². The second kappa shape index (κ2) is 10.2. The summed E-state index contributed by atoms with van der Waals surface area (Å²) < 4.78 is 18.0. The van der Waals surface area contributed by atoms with Crippen LogP contribution in [0.2, 0.25) is 0 Å². The minimum Gasteiger partial charge on any atom is -0.494 e. The van der Waals surface area contributed by atoms with Crippen LogP contribution in [0, 0.1) is 0 Å². The van der Waals surface area contributed by atoms with Crippen molar-refractivity contribution < 1.29 is 19.0 Å². The van der Waals surface area contributed by atoms with Crippen molar-refractivity contribution in [2.24, 2.45) is 0 Å². The Morgan fingerprint density at radius 3 is 2.72 bits per heavy atom. The van der Waals surface area contributed by atoms with Crippen LogP contribution in [0.3, 0.4) is 0 Å². The quantitative estimate of drug-likeness (QED) is 0.309. The van der Waals surface area contributed by atoms with E-state index < -0.39 is 0 Å². The zero-order chi connectivity index (χ0) is 22.5. The third-order valence-corrected chi connectivity index (χ3v) is 7.33. The second-order valence-corrected chi connectivity index (χ2v) is 9.60. The van der Waals surface area contributed by atoms with Crippen molar-refractivity contribution >= 4 is 55.7 Å². The van der Waals surface area contributed by atoms with Crippen LogP contribution in [0.4, 0.5) is 5.13 Å². The molecule has 32 heavy (non-hydrogen) atoms. The smallest absolute Gasteiger partial charge is 0.236 e. The highest BCUT2D eigenvalue weighted by Gasteiger charge is 2.13. The van der Waals surface area contributed by atoms with E-state index in [9.17, 15) is 4.79 Å². The SMILES string of the molecule is CCOc1ccc2nc(SCC(=O)Nc3nc(-c4ccc(OC)c(OC)c4)cs3)sc2c1. The van der Waals surface area contributed by atoms with Gasteiger partial charge < -0.3 is 19.5 Å². The van der Waals surface area contributed by atoms with Gasteiger partial charge in [0.1, 0.15) is 5.75 Å². The zero-order valence-electron chi connectivity index (χ0n) is 17.7.